The summed E-state index contributed by atoms with van der Waals surface area (Å²) in [5.41, 5.74) is 1.28. The van der Waals surface area contributed by atoms with Crippen LogP contribution in [0.25, 0.3) is 6.08 Å². The van der Waals surface area contributed by atoms with E-state index in [0.717, 1.165) is 48.3 Å². The maximum absolute atomic E-state index is 12.5. The lowest BCUT2D eigenvalue weighted by atomic mass is 9.49. The molecule has 1 aromatic carbocycles. The lowest BCUT2D eigenvalue weighted by molar-refractivity contribution is -0.131. The van der Waals surface area contributed by atoms with Gasteiger partial charge in [0.1, 0.15) is 0 Å². The van der Waals surface area contributed by atoms with Crippen LogP contribution in [0.15, 0.2) is 28.9 Å². The molecule has 1 aromatic rings. The summed E-state index contributed by atoms with van der Waals surface area (Å²) < 4.78 is 16.5. The highest BCUT2D eigenvalue weighted by atomic mass is 16.7. The van der Waals surface area contributed by atoms with Gasteiger partial charge in [0.15, 0.2) is 17.2 Å². The number of esters is 1. The zero-order chi connectivity index (χ0) is 17.3. The van der Waals surface area contributed by atoms with Crippen LogP contribution in [-0.2, 0) is 9.53 Å². The van der Waals surface area contributed by atoms with Crippen molar-refractivity contribution in [3.8, 4) is 11.5 Å². The quantitative estimate of drug-likeness (QED) is 0.598. The Morgan fingerprint density at radius 1 is 1.00 bits per heavy atom. The third-order valence-corrected chi connectivity index (χ3v) is 6.81. The molecule has 26 heavy (non-hydrogen) atoms. The fourth-order valence-electron chi connectivity index (χ4n) is 6.17. The Morgan fingerprint density at radius 2 is 1.69 bits per heavy atom. The van der Waals surface area contributed by atoms with Crippen molar-refractivity contribution in [2.24, 2.45) is 28.2 Å². The second-order valence-electron chi connectivity index (χ2n) is 8.65. The Bertz CT molecular complexity index is 833. The van der Waals surface area contributed by atoms with Gasteiger partial charge in [-0.15, -0.1) is 0 Å². The Labute approximate surface area is 152 Å². The first-order valence-electron chi connectivity index (χ1n) is 9.60. The Balaban J connectivity index is 1.33. The van der Waals surface area contributed by atoms with Gasteiger partial charge in [0.05, 0.1) is 0 Å². The first-order chi connectivity index (χ1) is 12.7. The van der Waals surface area contributed by atoms with E-state index >= 15 is 0 Å². The van der Waals surface area contributed by atoms with Crippen LogP contribution < -0.4 is 9.47 Å². The summed E-state index contributed by atoms with van der Waals surface area (Å²) in [6, 6.07) is 5.64. The number of fused-ring (bicyclic) bond motifs is 1. The SMILES string of the molecule is O=C1OC(C23CC4CC(CC(C4)C2)C3)=NC1=Cc1ccc2c(c1)OCO2. The normalized spacial score (nSPS) is 38.0. The number of hydrogen-bond donors (Lipinski definition) is 0. The van der Waals surface area contributed by atoms with Crippen LogP contribution in [0.5, 0.6) is 11.5 Å². The van der Waals surface area contributed by atoms with Crippen molar-refractivity contribution in [3.05, 3.63) is 29.5 Å². The van der Waals surface area contributed by atoms with Gasteiger partial charge in [0.25, 0.3) is 0 Å². The van der Waals surface area contributed by atoms with Crippen LogP contribution in [0.4, 0.5) is 0 Å². The molecule has 0 unspecified atom stereocenters. The number of nitrogens with zero attached hydrogens (tertiary/aromatic N) is 1. The summed E-state index contributed by atoms with van der Waals surface area (Å²) in [6.45, 7) is 0.242. The maximum Gasteiger partial charge on any atom is 0.363 e. The number of carbonyl (C=O) groups is 1. The van der Waals surface area contributed by atoms with Crippen molar-refractivity contribution < 1.29 is 19.0 Å². The summed E-state index contributed by atoms with van der Waals surface area (Å²) in [7, 11) is 0. The number of cyclic esters (lactones) is 1. The van der Waals surface area contributed by atoms with Crippen molar-refractivity contribution in [3.63, 3.8) is 0 Å². The monoisotopic (exact) mass is 351 g/mol. The van der Waals surface area contributed by atoms with E-state index in [2.05, 4.69) is 4.99 Å². The molecular formula is C21H21NO4. The van der Waals surface area contributed by atoms with Crippen LogP contribution in [0.3, 0.4) is 0 Å². The molecular weight excluding hydrogens is 330 g/mol. The van der Waals surface area contributed by atoms with Crippen molar-refractivity contribution in [1.29, 1.82) is 0 Å². The van der Waals surface area contributed by atoms with E-state index in [-0.39, 0.29) is 18.2 Å². The third-order valence-electron chi connectivity index (χ3n) is 6.81. The molecule has 0 radical (unpaired) electrons. The van der Waals surface area contributed by atoms with E-state index in [1.807, 2.05) is 18.2 Å². The summed E-state index contributed by atoms with van der Waals surface area (Å²) in [5.74, 6) is 4.19. The molecule has 6 aliphatic rings. The van der Waals surface area contributed by atoms with Gasteiger partial charge in [0, 0.05) is 5.41 Å². The second kappa shape index (κ2) is 5.12. The van der Waals surface area contributed by atoms with Gasteiger partial charge < -0.3 is 14.2 Å². The smallest absolute Gasteiger partial charge is 0.363 e. The first kappa shape index (κ1) is 14.8. The fourth-order valence-corrected chi connectivity index (χ4v) is 6.17. The minimum absolute atomic E-state index is 0.00882. The zero-order valence-corrected chi connectivity index (χ0v) is 14.6. The van der Waals surface area contributed by atoms with Gasteiger partial charge in [-0.3, -0.25) is 0 Å². The lowest BCUT2D eigenvalue weighted by Gasteiger charge is -2.55. The standard InChI is InChI=1S/C21H21NO4/c23-19-16(6-12-1-2-17-18(7-12)25-11-24-17)22-20(26-19)21-8-13-3-14(9-21)5-15(4-13)10-21/h1-2,6-7,13-15H,3-5,8-11H2. The molecule has 134 valence electrons. The summed E-state index contributed by atoms with van der Waals surface area (Å²) in [5, 5.41) is 0. The highest BCUT2D eigenvalue weighted by Crippen LogP contribution is 2.61. The zero-order valence-electron chi connectivity index (χ0n) is 14.6. The second-order valence-corrected chi connectivity index (χ2v) is 8.65. The molecule has 4 aliphatic carbocycles. The van der Waals surface area contributed by atoms with E-state index in [0.29, 0.717) is 17.3 Å². The van der Waals surface area contributed by atoms with Gasteiger partial charge in [-0.1, -0.05) is 6.07 Å². The van der Waals surface area contributed by atoms with Crippen LogP contribution in [0.1, 0.15) is 44.1 Å². The average Bonchev–Trinajstić information content (AvgIpc) is 3.21. The number of rotatable bonds is 2. The average molecular weight is 351 g/mol. The molecule has 2 aliphatic heterocycles. The maximum atomic E-state index is 12.5. The van der Waals surface area contributed by atoms with E-state index in [1.54, 1.807) is 6.08 Å². The summed E-state index contributed by atoms with van der Waals surface area (Å²) >= 11 is 0. The third kappa shape index (κ3) is 2.15. The van der Waals surface area contributed by atoms with E-state index in [9.17, 15) is 4.79 Å². The summed E-state index contributed by atoms with van der Waals surface area (Å²) in [4.78, 5) is 17.1. The molecule has 7 rings (SSSR count). The van der Waals surface area contributed by atoms with Crippen LogP contribution >= 0.6 is 0 Å². The molecule has 0 aromatic heterocycles. The number of ether oxygens (including phenoxy) is 3. The highest BCUT2D eigenvalue weighted by Gasteiger charge is 2.55. The number of aliphatic imine (C=N–C) groups is 1. The van der Waals surface area contributed by atoms with E-state index in [4.69, 9.17) is 14.2 Å². The van der Waals surface area contributed by atoms with Gasteiger partial charge in [-0.2, -0.15) is 0 Å². The van der Waals surface area contributed by atoms with Gasteiger partial charge in [-0.05, 0) is 80.1 Å². The highest BCUT2D eigenvalue weighted by molar-refractivity contribution is 6.09. The predicted molar refractivity (Wildman–Crippen MR) is 94.7 cm³/mol. The van der Waals surface area contributed by atoms with E-state index < -0.39 is 0 Å². The largest absolute Gasteiger partial charge is 0.454 e. The molecule has 5 nitrogen and oxygen atoms in total. The van der Waals surface area contributed by atoms with Crippen LogP contribution in [0.2, 0.25) is 0 Å². The Hall–Kier alpha value is -2.30. The van der Waals surface area contributed by atoms with Crippen molar-refractivity contribution >= 4 is 17.9 Å². The molecule has 4 bridgehead atoms. The van der Waals surface area contributed by atoms with Crippen LogP contribution in [-0.4, -0.2) is 18.7 Å². The molecule has 5 heteroatoms. The molecule has 2 heterocycles. The number of hydrogen-bond acceptors (Lipinski definition) is 5. The Morgan fingerprint density at radius 3 is 2.42 bits per heavy atom. The fraction of sp³-hybridized carbons (Fsp3) is 0.524. The van der Waals surface area contributed by atoms with Crippen LogP contribution in [0, 0.1) is 23.2 Å². The minimum atomic E-state index is -0.326. The molecule has 4 saturated carbocycles. The number of carbonyl (C=O) groups excluding carboxylic acids is 1. The van der Waals surface area contributed by atoms with Gasteiger partial charge in [-0.25, -0.2) is 9.79 Å². The molecule has 0 spiro atoms. The molecule has 0 amide bonds. The van der Waals surface area contributed by atoms with Crippen molar-refractivity contribution in [1.82, 2.24) is 0 Å². The molecule has 0 saturated heterocycles. The molecule has 0 atom stereocenters. The lowest BCUT2D eigenvalue weighted by Crippen LogP contribution is -2.50. The minimum Gasteiger partial charge on any atom is -0.454 e. The summed E-state index contributed by atoms with van der Waals surface area (Å²) in [6.07, 6.45) is 9.30. The number of benzene rings is 1. The first-order valence-corrected chi connectivity index (χ1v) is 9.60. The van der Waals surface area contributed by atoms with Gasteiger partial charge >= 0.3 is 5.97 Å². The van der Waals surface area contributed by atoms with Gasteiger partial charge in [0.2, 0.25) is 12.7 Å². The van der Waals surface area contributed by atoms with Crippen molar-refractivity contribution in [2.45, 2.75) is 38.5 Å². The van der Waals surface area contributed by atoms with Crippen molar-refractivity contribution in [2.75, 3.05) is 6.79 Å². The Kier molecular flexibility index (Phi) is 2.92. The topological polar surface area (TPSA) is 57.1 Å². The molecule has 0 N–H and O–H groups in total. The predicted octanol–water partition coefficient (Wildman–Crippen LogP) is 3.93. The van der Waals surface area contributed by atoms with E-state index in [1.165, 1.54) is 19.3 Å². The molecule has 4 fully saturated rings.